The molecule has 0 unspecified atom stereocenters. The topological polar surface area (TPSA) is 26.0 Å². The van der Waals surface area contributed by atoms with Crippen LogP contribution in [0.25, 0.3) is 0 Å². The Kier molecular flexibility index (Phi) is 2.49. The highest BCUT2D eigenvalue weighted by molar-refractivity contribution is 9.10. The lowest BCUT2D eigenvalue weighted by Crippen LogP contribution is -1.90. The van der Waals surface area contributed by atoms with Gasteiger partial charge in [-0.05, 0) is 21.8 Å². The summed E-state index contributed by atoms with van der Waals surface area (Å²) in [6, 6.07) is 1.90. The number of aromatic nitrogens is 1. The molecule has 0 saturated carbocycles. The zero-order chi connectivity index (χ0) is 7.56. The highest BCUT2D eigenvalue weighted by atomic mass is 79.9. The van der Waals surface area contributed by atoms with Gasteiger partial charge in [0.1, 0.15) is 10.4 Å². The van der Waals surface area contributed by atoms with E-state index >= 15 is 0 Å². The summed E-state index contributed by atoms with van der Waals surface area (Å²) in [5.41, 5.74) is 0. The van der Waals surface area contributed by atoms with Gasteiger partial charge in [0.15, 0.2) is 0 Å². The molecule has 0 amide bonds. The van der Waals surface area contributed by atoms with Gasteiger partial charge in [-0.1, -0.05) is 19.0 Å². The minimum absolute atomic E-state index is 0.625. The number of hydrogen-bond donors (Lipinski definition) is 0. The predicted molar refractivity (Wildman–Crippen MR) is 42.7 cm³/mol. The van der Waals surface area contributed by atoms with Crippen LogP contribution in [0.4, 0.5) is 0 Å². The second-order valence-corrected chi connectivity index (χ2v) is 3.53. The minimum atomic E-state index is 0.625. The van der Waals surface area contributed by atoms with Crippen LogP contribution in [0.5, 0.6) is 0 Å². The van der Waals surface area contributed by atoms with Gasteiger partial charge in [0, 0.05) is 12.5 Å². The molecule has 0 radical (unpaired) electrons. The molecule has 0 fully saturated rings. The van der Waals surface area contributed by atoms with E-state index in [2.05, 4.69) is 34.9 Å². The average molecular weight is 204 g/mol. The molecule has 0 N–H and O–H groups in total. The van der Waals surface area contributed by atoms with Crippen molar-refractivity contribution >= 4 is 15.9 Å². The Bertz CT molecular complexity index is 207. The third-order valence-electron chi connectivity index (χ3n) is 1.14. The van der Waals surface area contributed by atoms with Crippen LogP contribution in [0, 0.1) is 5.92 Å². The van der Waals surface area contributed by atoms with Crippen LogP contribution in [0.2, 0.25) is 0 Å². The molecule has 0 bridgehead atoms. The molecule has 0 saturated heterocycles. The lowest BCUT2D eigenvalue weighted by molar-refractivity contribution is 0.366. The third-order valence-corrected chi connectivity index (χ3v) is 1.51. The van der Waals surface area contributed by atoms with Gasteiger partial charge in [0.2, 0.25) is 0 Å². The van der Waals surface area contributed by atoms with Gasteiger partial charge in [0.05, 0.1) is 0 Å². The molecule has 0 atom stereocenters. The normalized spacial score (nSPS) is 10.8. The van der Waals surface area contributed by atoms with Crippen LogP contribution in [0.1, 0.15) is 19.6 Å². The maximum Gasteiger partial charge on any atom is 0.149 e. The van der Waals surface area contributed by atoms with Crippen molar-refractivity contribution in [2.45, 2.75) is 20.3 Å². The van der Waals surface area contributed by atoms with Crippen molar-refractivity contribution in [3.63, 3.8) is 0 Å². The molecule has 1 aromatic rings. The van der Waals surface area contributed by atoms with Crippen molar-refractivity contribution in [1.29, 1.82) is 0 Å². The summed E-state index contributed by atoms with van der Waals surface area (Å²) < 4.78 is 5.76. The largest absolute Gasteiger partial charge is 0.360 e. The molecule has 1 aromatic heterocycles. The highest BCUT2D eigenvalue weighted by Gasteiger charge is 2.02. The number of rotatable bonds is 2. The van der Waals surface area contributed by atoms with Crippen LogP contribution < -0.4 is 0 Å². The van der Waals surface area contributed by atoms with E-state index < -0.39 is 0 Å². The molecule has 1 heterocycles. The summed E-state index contributed by atoms with van der Waals surface area (Å²) in [6.45, 7) is 4.30. The lowest BCUT2D eigenvalue weighted by atomic mass is 10.1. The van der Waals surface area contributed by atoms with Crippen LogP contribution in [-0.2, 0) is 6.42 Å². The van der Waals surface area contributed by atoms with E-state index in [9.17, 15) is 0 Å². The van der Waals surface area contributed by atoms with E-state index in [0.717, 1.165) is 16.8 Å². The summed E-state index contributed by atoms with van der Waals surface area (Å²) in [5, 5.41) is 3.71. The first kappa shape index (κ1) is 7.79. The van der Waals surface area contributed by atoms with Crippen molar-refractivity contribution in [2.75, 3.05) is 0 Å². The minimum Gasteiger partial charge on any atom is -0.360 e. The Morgan fingerprint density at radius 1 is 1.70 bits per heavy atom. The molecule has 2 nitrogen and oxygen atoms in total. The fourth-order valence-corrected chi connectivity index (χ4v) is 1.11. The predicted octanol–water partition coefficient (Wildman–Crippen LogP) is 2.64. The monoisotopic (exact) mass is 203 g/mol. The summed E-state index contributed by atoms with van der Waals surface area (Å²) in [5.74, 6) is 1.57. The van der Waals surface area contributed by atoms with E-state index in [1.807, 2.05) is 6.07 Å². The number of hydrogen-bond acceptors (Lipinski definition) is 2. The molecule has 0 aliphatic rings. The van der Waals surface area contributed by atoms with Crippen LogP contribution in [0.15, 0.2) is 15.2 Å². The molecular formula is C7H10BrNO. The van der Waals surface area contributed by atoms with Gasteiger partial charge in [-0.3, -0.25) is 0 Å². The van der Waals surface area contributed by atoms with Crippen LogP contribution in [0.3, 0.4) is 0 Å². The van der Waals surface area contributed by atoms with Gasteiger partial charge in [0.25, 0.3) is 0 Å². The molecule has 0 spiro atoms. The van der Waals surface area contributed by atoms with Crippen molar-refractivity contribution in [3.05, 3.63) is 16.4 Å². The second kappa shape index (κ2) is 3.19. The van der Waals surface area contributed by atoms with E-state index in [0.29, 0.717) is 5.92 Å². The van der Waals surface area contributed by atoms with Gasteiger partial charge >= 0.3 is 0 Å². The van der Waals surface area contributed by atoms with Crippen molar-refractivity contribution < 1.29 is 4.52 Å². The quantitative estimate of drug-likeness (QED) is 0.739. The first-order valence-electron chi connectivity index (χ1n) is 3.29. The van der Waals surface area contributed by atoms with Crippen molar-refractivity contribution in [1.82, 2.24) is 5.16 Å². The zero-order valence-electron chi connectivity index (χ0n) is 6.10. The maximum absolute atomic E-state index is 4.98. The Morgan fingerprint density at radius 2 is 2.40 bits per heavy atom. The van der Waals surface area contributed by atoms with E-state index in [-0.39, 0.29) is 0 Å². The smallest absolute Gasteiger partial charge is 0.149 e. The summed E-state index contributed by atoms with van der Waals surface area (Å²) in [4.78, 5) is 0. The van der Waals surface area contributed by atoms with Crippen molar-refractivity contribution in [2.24, 2.45) is 5.92 Å². The first-order valence-corrected chi connectivity index (χ1v) is 4.09. The molecule has 0 aromatic carbocycles. The summed E-state index contributed by atoms with van der Waals surface area (Å²) in [7, 11) is 0. The molecule has 56 valence electrons. The molecule has 1 rings (SSSR count). The fourth-order valence-electron chi connectivity index (χ4n) is 0.786. The van der Waals surface area contributed by atoms with Crippen LogP contribution >= 0.6 is 15.9 Å². The van der Waals surface area contributed by atoms with Crippen LogP contribution in [-0.4, -0.2) is 5.16 Å². The van der Waals surface area contributed by atoms with Gasteiger partial charge in [-0.15, -0.1) is 0 Å². The molecule has 3 heteroatoms. The van der Waals surface area contributed by atoms with Gasteiger partial charge < -0.3 is 4.52 Å². The zero-order valence-corrected chi connectivity index (χ0v) is 7.68. The second-order valence-electron chi connectivity index (χ2n) is 2.71. The van der Waals surface area contributed by atoms with E-state index in [1.54, 1.807) is 0 Å². The Balaban J connectivity index is 2.58. The lowest BCUT2D eigenvalue weighted by Gasteiger charge is -1.96. The Hall–Kier alpha value is -0.310. The average Bonchev–Trinajstić information content (AvgIpc) is 2.13. The Labute approximate surface area is 68.7 Å². The van der Waals surface area contributed by atoms with Gasteiger partial charge in [-0.2, -0.15) is 0 Å². The number of nitrogens with zero attached hydrogens (tertiary/aromatic N) is 1. The maximum atomic E-state index is 4.98. The van der Waals surface area contributed by atoms with E-state index in [1.165, 1.54) is 0 Å². The molecule has 10 heavy (non-hydrogen) atoms. The Morgan fingerprint density at radius 3 is 2.80 bits per heavy atom. The van der Waals surface area contributed by atoms with E-state index in [4.69, 9.17) is 4.52 Å². The fraction of sp³-hybridized carbons (Fsp3) is 0.571. The first-order chi connectivity index (χ1) is 4.68. The van der Waals surface area contributed by atoms with Gasteiger partial charge in [-0.25, -0.2) is 0 Å². The SMILES string of the molecule is CC(C)Cc1cc(Br)no1. The third kappa shape index (κ3) is 2.14. The molecule has 0 aliphatic carbocycles. The van der Waals surface area contributed by atoms with Crippen molar-refractivity contribution in [3.8, 4) is 0 Å². The summed E-state index contributed by atoms with van der Waals surface area (Å²) >= 11 is 3.22. The standard InChI is InChI=1S/C7H10BrNO/c1-5(2)3-6-4-7(8)9-10-6/h4-5H,3H2,1-2H3. The summed E-state index contributed by atoms with van der Waals surface area (Å²) in [6.07, 6.45) is 0.957. The molecule has 0 aliphatic heterocycles. The highest BCUT2D eigenvalue weighted by Crippen LogP contribution is 2.13. The number of halogens is 1. The molecular weight excluding hydrogens is 194 g/mol.